The quantitative estimate of drug-likeness (QED) is 0.742. The average Bonchev–Trinajstić information content (AvgIpc) is 3.11. The highest BCUT2D eigenvalue weighted by Gasteiger charge is 2.47. The van der Waals surface area contributed by atoms with Crippen LogP contribution in [-0.4, -0.2) is 36.4 Å². The molecule has 92 valence electrons. The molecule has 4 heteroatoms. The summed E-state index contributed by atoms with van der Waals surface area (Å²) in [6.45, 7) is 4.21. The lowest BCUT2D eigenvalue weighted by Gasteiger charge is -2.30. The first kappa shape index (κ1) is 11.9. The van der Waals surface area contributed by atoms with Crippen LogP contribution < -0.4 is 5.32 Å². The van der Waals surface area contributed by atoms with Gasteiger partial charge in [-0.3, -0.25) is 4.79 Å². The Labute approximate surface area is 96.4 Å². The van der Waals surface area contributed by atoms with Crippen molar-refractivity contribution < 1.29 is 14.6 Å². The number of aliphatic carboxylic acids is 1. The standard InChI is InChI=1S/C12H21NO3/c1-12(11(14)15,10-4-5-10)13-7-9-3-2-6-16-8-9/h9-10,13H,2-8H2,1H3,(H,14,15). The maximum Gasteiger partial charge on any atom is 0.323 e. The summed E-state index contributed by atoms with van der Waals surface area (Å²) < 4.78 is 5.40. The first-order chi connectivity index (χ1) is 7.63. The van der Waals surface area contributed by atoms with Crippen LogP contribution in [0.4, 0.5) is 0 Å². The molecule has 1 saturated heterocycles. The van der Waals surface area contributed by atoms with Crippen LogP contribution in [0.5, 0.6) is 0 Å². The van der Waals surface area contributed by atoms with Crippen molar-refractivity contribution in [2.45, 2.75) is 38.1 Å². The highest BCUT2D eigenvalue weighted by atomic mass is 16.5. The zero-order valence-electron chi connectivity index (χ0n) is 9.87. The van der Waals surface area contributed by atoms with Crippen molar-refractivity contribution in [2.24, 2.45) is 11.8 Å². The number of hydrogen-bond donors (Lipinski definition) is 2. The Hall–Kier alpha value is -0.610. The molecular weight excluding hydrogens is 206 g/mol. The molecule has 0 aromatic carbocycles. The molecule has 1 aliphatic carbocycles. The van der Waals surface area contributed by atoms with E-state index in [1.54, 1.807) is 0 Å². The third kappa shape index (κ3) is 2.55. The van der Waals surface area contributed by atoms with Crippen molar-refractivity contribution in [1.82, 2.24) is 5.32 Å². The molecule has 2 atom stereocenters. The number of carboxylic acid groups (broad SMARTS) is 1. The minimum Gasteiger partial charge on any atom is -0.480 e. The number of carboxylic acids is 1. The Kier molecular flexibility index (Phi) is 3.50. The normalized spacial score (nSPS) is 29.7. The molecule has 1 heterocycles. The Balaban J connectivity index is 1.83. The minimum absolute atomic E-state index is 0.314. The number of hydrogen-bond acceptors (Lipinski definition) is 3. The maximum atomic E-state index is 11.3. The fourth-order valence-electron chi connectivity index (χ4n) is 2.38. The van der Waals surface area contributed by atoms with Crippen molar-refractivity contribution in [2.75, 3.05) is 19.8 Å². The molecule has 1 saturated carbocycles. The van der Waals surface area contributed by atoms with Crippen LogP contribution in [0.25, 0.3) is 0 Å². The maximum absolute atomic E-state index is 11.3. The van der Waals surface area contributed by atoms with Gasteiger partial charge in [-0.2, -0.15) is 0 Å². The van der Waals surface area contributed by atoms with E-state index in [-0.39, 0.29) is 0 Å². The zero-order valence-corrected chi connectivity index (χ0v) is 9.87. The average molecular weight is 227 g/mol. The molecule has 0 aromatic heterocycles. The van der Waals surface area contributed by atoms with Gasteiger partial charge in [-0.1, -0.05) is 0 Å². The molecule has 0 bridgehead atoms. The summed E-state index contributed by atoms with van der Waals surface area (Å²) in [4.78, 5) is 11.3. The van der Waals surface area contributed by atoms with E-state index in [2.05, 4.69) is 5.32 Å². The molecule has 2 unspecified atom stereocenters. The summed E-state index contributed by atoms with van der Waals surface area (Å²) in [5.41, 5.74) is -0.725. The summed E-state index contributed by atoms with van der Waals surface area (Å²) >= 11 is 0. The Morgan fingerprint density at radius 1 is 1.50 bits per heavy atom. The Morgan fingerprint density at radius 2 is 2.25 bits per heavy atom. The summed E-state index contributed by atoms with van der Waals surface area (Å²) in [6, 6.07) is 0. The topological polar surface area (TPSA) is 58.6 Å². The number of ether oxygens (including phenoxy) is 1. The van der Waals surface area contributed by atoms with Gasteiger partial charge in [0.25, 0.3) is 0 Å². The van der Waals surface area contributed by atoms with Gasteiger partial charge >= 0.3 is 5.97 Å². The van der Waals surface area contributed by atoms with Gasteiger partial charge in [-0.05, 0) is 44.4 Å². The highest BCUT2D eigenvalue weighted by Crippen LogP contribution is 2.39. The van der Waals surface area contributed by atoms with Gasteiger partial charge in [0.2, 0.25) is 0 Å². The Morgan fingerprint density at radius 3 is 2.75 bits per heavy atom. The highest BCUT2D eigenvalue weighted by molar-refractivity contribution is 5.79. The molecule has 0 spiro atoms. The van der Waals surface area contributed by atoms with Crippen LogP contribution in [-0.2, 0) is 9.53 Å². The molecule has 2 fully saturated rings. The molecule has 2 rings (SSSR count). The van der Waals surface area contributed by atoms with Gasteiger partial charge in [0.05, 0.1) is 6.61 Å². The second-order valence-corrected chi connectivity index (χ2v) is 5.25. The van der Waals surface area contributed by atoms with E-state index in [9.17, 15) is 9.90 Å². The molecular formula is C12H21NO3. The molecule has 2 aliphatic rings. The third-order valence-electron chi connectivity index (χ3n) is 3.85. The van der Waals surface area contributed by atoms with Gasteiger partial charge in [0.15, 0.2) is 0 Å². The lowest BCUT2D eigenvalue weighted by atomic mass is 9.94. The van der Waals surface area contributed by atoms with Crippen LogP contribution >= 0.6 is 0 Å². The van der Waals surface area contributed by atoms with Crippen molar-refractivity contribution in [1.29, 1.82) is 0 Å². The van der Waals surface area contributed by atoms with Crippen LogP contribution in [0.15, 0.2) is 0 Å². The predicted octanol–water partition coefficient (Wildman–Crippen LogP) is 1.26. The van der Waals surface area contributed by atoms with Gasteiger partial charge in [0.1, 0.15) is 5.54 Å². The molecule has 4 nitrogen and oxygen atoms in total. The molecule has 2 N–H and O–H groups in total. The molecule has 1 aliphatic heterocycles. The van der Waals surface area contributed by atoms with E-state index in [0.29, 0.717) is 11.8 Å². The van der Waals surface area contributed by atoms with E-state index < -0.39 is 11.5 Å². The van der Waals surface area contributed by atoms with Crippen LogP contribution in [0.3, 0.4) is 0 Å². The van der Waals surface area contributed by atoms with Gasteiger partial charge in [-0.15, -0.1) is 0 Å². The number of carbonyl (C=O) groups is 1. The monoisotopic (exact) mass is 227 g/mol. The SMILES string of the molecule is CC(NCC1CCCOC1)(C(=O)O)C1CC1. The van der Waals surface area contributed by atoms with Crippen molar-refractivity contribution in [3.8, 4) is 0 Å². The number of rotatable bonds is 5. The lowest BCUT2D eigenvalue weighted by Crippen LogP contribution is -2.53. The van der Waals surface area contributed by atoms with Gasteiger partial charge in [0, 0.05) is 13.2 Å². The zero-order chi connectivity index (χ0) is 11.6. The van der Waals surface area contributed by atoms with Crippen molar-refractivity contribution in [3.05, 3.63) is 0 Å². The molecule has 0 aromatic rings. The lowest BCUT2D eigenvalue weighted by molar-refractivity contribution is -0.145. The summed E-state index contributed by atoms with van der Waals surface area (Å²) in [5.74, 6) is 0.0763. The van der Waals surface area contributed by atoms with Crippen LogP contribution in [0, 0.1) is 11.8 Å². The minimum atomic E-state index is -0.725. The van der Waals surface area contributed by atoms with Gasteiger partial charge < -0.3 is 15.2 Å². The van der Waals surface area contributed by atoms with Crippen LogP contribution in [0.1, 0.15) is 32.6 Å². The van der Waals surface area contributed by atoms with E-state index in [1.807, 2.05) is 6.92 Å². The summed E-state index contributed by atoms with van der Waals surface area (Å²) in [7, 11) is 0. The smallest absolute Gasteiger partial charge is 0.323 e. The fraction of sp³-hybridized carbons (Fsp3) is 0.917. The fourth-order valence-corrected chi connectivity index (χ4v) is 2.38. The van der Waals surface area contributed by atoms with E-state index in [0.717, 1.165) is 45.4 Å². The first-order valence-corrected chi connectivity index (χ1v) is 6.19. The second kappa shape index (κ2) is 4.72. The van der Waals surface area contributed by atoms with Crippen LogP contribution in [0.2, 0.25) is 0 Å². The Bertz CT molecular complexity index is 259. The molecule has 0 amide bonds. The van der Waals surface area contributed by atoms with E-state index in [1.165, 1.54) is 0 Å². The predicted molar refractivity (Wildman–Crippen MR) is 60.3 cm³/mol. The summed E-state index contributed by atoms with van der Waals surface area (Å²) in [5, 5.41) is 12.5. The largest absolute Gasteiger partial charge is 0.480 e. The van der Waals surface area contributed by atoms with Crippen molar-refractivity contribution >= 4 is 5.97 Å². The van der Waals surface area contributed by atoms with E-state index >= 15 is 0 Å². The number of nitrogens with one attached hydrogen (secondary N) is 1. The first-order valence-electron chi connectivity index (χ1n) is 6.19. The van der Waals surface area contributed by atoms with Gasteiger partial charge in [-0.25, -0.2) is 0 Å². The molecule has 16 heavy (non-hydrogen) atoms. The van der Waals surface area contributed by atoms with Crippen molar-refractivity contribution in [3.63, 3.8) is 0 Å². The van der Waals surface area contributed by atoms with E-state index in [4.69, 9.17) is 4.74 Å². The second-order valence-electron chi connectivity index (χ2n) is 5.25. The third-order valence-corrected chi connectivity index (χ3v) is 3.85. The molecule has 0 radical (unpaired) electrons. The summed E-state index contributed by atoms with van der Waals surface area (Å²) in [6.07, 6.45) is 4.32.